The molecule has 0 aliphatic rings. The number of terminal acetylenes is 1. The minimum Gasteiger partial charge on any atom is -0.478 e. The van der Waals surface area contributed by atoms with Gasteiger partial charge < -0.3 is 10.4 Å². The van der Waals surface area contributed by atoms with E-state index in [1.807, 2.05) is 0 Å². The first-order chi connectivity index (χ1) is 8.63. The summed E-state index contributed by atoms with van der Waals surface area (Å²) in [6.07, 6.45) is 7.71. The number of benzene rings is 1. The Balaban J connectivity index is 2.47. The molecule has 1 amide bonds. The molecule has 0 fully saturated rings. The van der Waals surface area contributed by atoms with Gasteiger partial charge in [-0.1, -0.05) is 6.07 Å². The van der Waals surface area contributed by atoms with Gasteiger partial charge in [0.1, 0.15) is 0 Å². The van der Waals surface area contributed by atoms with Crippen molar-refractivity contribution in [3.8, 4) is 12.3 Å². The van der Waals surface area contributed by atoms with E-state index in [1.54, 1.807) is 12.1 Å². The Morgan fingerprint density at radius 2 is 2.11 bits per heavy atom. The Hall–Kier alpha value is -2.28. The minimum absolute atomic E-state index is 0.130. The lowest BCUT2D eigenvalue weighted by atomic mass is 10.1. The molecule has 4 heteroatoms. The van der Waals surface area contributed by atoms with Gasteiger partial charge in [0.15, 0.2) is 0 Å². The van der Waals surface area contributed by atoms with Crippen molar-refractivity contribution >= 4 is 17.6 Å². The van der Waals surface area contributed by atoms with Crippen LogP contribution < -0.4 is 5.32 Å². The number of unbranched alkanes of at least 4 members (excludes halogenated alkanes) is 2. The Kier molecular flexibility index (Phi) is 5.46. The number of aromatic carboxylic acids is 1. The van der Waals surface area contributed by atoms with E-state index in [2.05, 4.69) is 11.2 Å². The van der Waals surface area contributed by atoms with Gasteiger partial charge >= 0.3 is 5.97 Å². The molecule has 0 saturated heterocycles. The minimum atomic E-state index is -1.01. The summed E-state index contributed by atoms with van der Waals surface area (Å²) in [6, 6.07) is 6.16. The van der Waals surface area contributed by atoms with Crippen molar-refractivity contribution < 1.29 is 14.7 Å². The van der Waals surface area contributed by atoms with Gasteiger partial charge in [0.05, 0.1) is 5.56 Å². The van der Waals surface area contributed by atoms with E-state index in [-0.39, 0.29) is 11.5 Å². The van der Waals surface area contributed by atoms with Gasteiger partial charge in [0.25, 0.3) is 0 Å². The van der Waals surface area contributed by atoms with Crippen molar-refractivity contribution in [2.24, 2.45) is 0 Å². The molecule has 0 aliphatic carbocycles. The zero-order valence-corrected chi connectivity index (χ0v) is 9.98. The van der Waals surface area contributed by atoms with Crippen LogP contribution in [0.5, 0.6) is 0 Å². The summed E-state index contributed by atoms with van der Waals surface area (Å²) in [4.78, 5) is 22.3. The van der Waals surface area contributed by atoms with Crippen LogP contribution in [0.2, 0.25) is 0 Å². The van der Waals surface area contributed by atoms with Crippen LogP contribution in [0, 0.1) is 12.3 Å². The molecule has 0 aliphatic heterocycles. The summed E-state index contributed by atoms with van der Waals surface area (Å²) in [5.41, 5.74) is 0.650. The molecule has 0 heterocycles. The van der Waals surface area contributed by atoms with Gasteiger partial charge in [-0.3, -0.25) is 4.79 Å². The molecular formula is C14H15NO3. The standard InChI is InChI=1S/C14H15NO3/c1-2-3-4-5-9-13(16)15-12-8-6-7-11(10-12)14(17)18/h1,6-8,10H,3-5,9H2,(H,15,16)(H,17,18). The number of nitrogens with one attached hydrogen (secondary N) is 1. The van der Waals surface area contributed by atoms with Crippen molar-refractivity contribution in [3.63, 3.8) is 0 Å². The van der Waals surface area contributed by atoms with Crippen LogP contribution in [-0.2, 0) is 4.79 Å². The number of carbonyl (C=O) groups excluding carboxylic acids is 1. The van der Waals surface area contributed by atoms with Crippen molar-refractivity contribution in [3.05, 3.63) is 29.8 Å². The molecule has 1 rings (SSSR count). The summed E-state index contributed by atoms with van der Waals surface area (Å²) in [5.74, 6) is 1.37. The fourth-order valence-electron chi connectivity index (χ4n) is 1.47. The predicted octanol–water partition coefficient (Wildman–Crippen LogP) is 2.52. The number of amides is 1. The quantitative estimate of drug-likeness (QED) is 0.597. The second-order valence-corrected chi connectivity index (χ2v) is 3.85. The van der Waals surface area contributed by atoms with Crippen LogP contribution in [-0.4, -0.2) is 17.0 Å². The summed E-state index contributed by atoms with van der Waals surface area (Å²) < 4.78 is 0. The summed E-state index contributed by atoms with van der Waals surface area (Å²) in [5, 5.41) is 11.5. The van der Waals surface area contributed by atoms with Gasteiger partial charge in [0.2, 0.25) is 5.91 Å². The maximum Gasteiger partial charge on any atom is 0.335 e. The van der Waals surface area contributed by atoms with Crippen LogP contribution in [0.3, 0.4) is 0 Å². The molecule has 0 unspecified atom stereocenters. The van der Waals surface area contributed by atoms with Gasteiger partial charge in [0, 0.05) is 18.5 Å². The van der Waals surface area contributed by atoms with Gasteiger partial charge in [-0.15, -0.1) is 12.3 Å². The van der Waals surface area contributed by atoms with E-state index in [9.17, 15) is 9.59 Å². The Bertz CT molecular complexity index is 474. The Morgan fingerprint density at radius 3 is 2.78 bits per heavy atom. The van der Waals surface area contributed by atoms with Gasteiger partial charge in [-0.05, 0) is 31.0 Å². The fourth-order valence-corrected chi connectivity index (χ4v) is 1.47. The van der Waals surface area contributed by atoms with E-state index < -0.39 is 5.97 Å². The monoisotopic (exact) mass is 245 g/mol. The van der Waals surface area contributed by atoms with Crippen molar-refractivity contribution in [2.75, 3.05) is 5.32 Å². The van der Waals surface area contributed by atoms with Crippen LogP contribution in [0.15, 0.2) is 24.3 Å². The smallest absolute Gasteiger partial charge is 0.335 e. The number of carboxylic acids is 1. The Morgan fingerprint density at radius 1 is 1.33 bits per heavy atom. The topological polar surface area (TPSA) is 66.4 Å². The van der Waals surface area contributed by atoms with Crippen molar-refractivity contribution in [1.29, 1.82) is 0 Å². The average Bonchev–Trinajstić information content (AvgIpc) is 2.35. The largest absolute Gasteiger partial charge is 0.478 e. The molecule has 4 nitrogen and oxygen atoms in total. The summed E-state index contributed by atoms with van der Waals surface area (Å²) >= 11 is 0. The zero-order valence-electron chi connectivity index (χ0n) is 9.98. The first-order valence-electron chi connectivity index (χ1n) is 5.70. The van der Waals surface area contributed by atoms with Crippen molar-refractivity contribution in [1.82, 2.24) is 0 Å². The van der Waals surface area contributed by atoms with E-state index in [0.717, 1.165) is 12.8 Å². The fraction of sp³-hybridized carbons (Fsp3) is 0.286. The normalized spacial score (nSPS) is 9.50. The number of hydrogen-bond donors (Lipinski definition) is 2. The lowest BCUT2D eigenvalue weighted by molar-refractivity contribution is -0.116. The second kappa shape index (κ2) is 7.13. The van der Waals surface area contributed by atoms with E-state index >= 15 is 0 Å². The van der Waals surface area contributed by atoms with Crippen LogP contribution in [0.25, 0.3) is 0 Å². The first kappa shape index (κ1) is 13.8. The third-order valence-corrected chi connectivity index (χ3v) is 2.37. The Labute approximate surface area is 106 Å². The third-order valence-electron chi connectivity index (χ3n) is 2.37. The molecule has 0 bridgehead atoms. The van der Waals surface area contributed by atoms with Crippen LogP contribution in [0.1, 0.15) is 36.0 Å². The maximum absolute atomic E-state index is 11.5. The highest BCUT2D eigenvalue weighted by Gasteiger charge is 2.05. The second-order valence-electron chi connectivity index (χ2n) is 3.85. The first-order valence-corrected chi connectivity index (χ1v) is 5.70. The average molecular weight is 245 g/mol. The highest BCUT2D eigenvalue weighted by molar-refractivity contribution is 5.93. The lowest BCUT2D eigenvalue weighted by Crippen LogP contribution is -2.11. The summed E-state index contributed by atoms with van der Waals surface area (Å²) in [6.45, 7) is 0. The maximum atomic E-state index is 11.5. The highest BCUT2D eigenvalue weighted by atomic mass is 16.4. The van der Waals surface area contributed by atoms with E-state index in [0.29, 0.717) is 18.5 Å². The van der Waals surface area contributed by atoms with Crippen LogP contribution in [0.4, 0.5) is 5.69 Å². The molecule has 18 heavy (non-hydrogen) atoms. The molecule has 0 radical (unpaired) electrons. The number of carboxylic acid groups (broad SMARTS) is 1. The molecule has 94 valence electrons. The SMILES string of the molecule is C#CCCCCC(=O)Nc1cccc(C(=O)O)c1. The molecular weight excluding hydrogens is 230 g/mol. The van der Waals surface area contributed by atoms with Crippen molar-refractivity contribution in [2.45, 2.75) is 25.7 Å². The molecule has 0 aromatic heterocycles. The third kappa shape index (κ3) is 4.71. The number of hydrogen-bond acceptors (Lipinski definition) is 2. The zero-order chi connectivity index (χ0) is 13.4. The molecule has 1 aromatic rings. The number of rotatable bonds is 6. The van der Waals surface area contributed by atoms with E-state index in [1.165, 1.54) is 12.1 Å². The predicted molar refractivity (Wildman–Crippen MR) is 69.3 cm³/mol. The van der Waals surface area contributed by atoms with E-state index in [4.69, 9.17) is 11.5 Å². The highest BCUT2D eigenvalue weighted by Crippen LogP contribution is 2.11. The summed E-state index contributed by atoms with van der Waals surface area (Å²) in [7, 11) is 0. The number of carbonyl (C=O) groups is 2. The molecule has 1 aromatic carbocycles. The van der Waals surface area contributed by atoms with Crippen LogP contribution >= 0.6 is 0 Å². The number of anilines is 1. The molecule has 0 atom stereocenters. The lowest BCUT2D eigenvalue weighted by Gasteiger charge is -2.05. The molecule has 0 saturated carbocycles. The molecule has 0 spiro atoms. The van der Waals surface area contributed by atoms with Gasteiger partial charge in [-0.25, -0.2) is 4.79 Å². The molecule has 2 N–H and O–H groups in total. The van der Waals surface area contributed by atoms with Gasteiger partial charge in [-0.2, -0.15) is 0 Å².